The largest absolute Gasteiger partial charge is 0.495 e. The molecule has 25 heavy (non-hydrogen) atoms. The zero-order valence-electron chi connectivity index (χ0n) is 13.7. The molecule has 0 spiro atoms. The van der Waals surface area contributed by atoms with Crippen LogP contribution in [0.15, 0.2) is 78.0 Å². The number of anilines is 1. The van der Waals surface area contributed by atoms with E-state index < -0.39 is 5.91 Å². The number of nitrogens with one attached hydrogen (secondary N) is 1. The number of nitrogens with zero attached hydrogens (tertiary/aromatic N) is 2. The summed E-state index contributed by atoms with van der Waals surface area (Å²) in [5, 5.41) is 2.72. The molecule has 0 fully saturated rings. The van der Waals surface area contributed by atoms with Crippen molar-refractivity contribution in [2.24, 2.45) is 16.5 Å². The van der Waals surface area contributed by atoms with Gasteiger partial charge in [-0.15, -0.1) is 0 Å². The van der Waals surface area contributed by atoms with Crippen molar-refractivity contribution < 1.29 is 9.53 Å². The van der Waals surface area contributed by atoms with Crippen LogP contribution in [0.5, 0.6) is 5.75 Å². The third-order valence-corrected chi connectivity index (χ3v) is 3.20. The Hall–Kier alpha value is -3.61. The second kappa shape index (κ2) is 8.88. The summed E-state index contributed by atoms with van der Waals surface area (Å²) in [6, 6.07) is 10.6. The molecule has 1 amide bonds. The highest BCUT2D eigenvalue weighted by atomic mass is 16.5. The lowest BCUT2D eigenvalue weighted by Crippen LogP contribution is -2.16. The number of allylic oxidation sites excluding steroid dienone is 1. The van der Waals surface area contributed by atoms with Crippen molar-refractivity contribution in [1.29, 1.82) is 0 Å². The molecule has 7 nitrogen and oxygen atoms in total. The number of hydrogen-bond acceptors (Lipinski definition) is 6. The normalized spacial score (nSPS) is 12.2. The van der Waals surface area contributed by atoms with Crippen molar-refractivity contribution in [3.05, 3.63) is 78.5 Å². The Balaban J connectivity index is 2.30. The average molecular weight is 337 g/mol. The predicted molar refractivity (Wildman–Crippen MR) is 98.0 cm³/mol. The zero-order chi connectivity index (χ0) is 18.1. The van der Waals surface area contributed by atoms with Crippen molar-refractivity contribution in [1.82, 2.24) is 4.98 Å². The first-order chi connectivity index (χ1) is 12.2. The number of aromatic nitrogens is 1. The molecule has 0 aliphatic heterocycles. The minimum Gasteiger partial charge on any atom is -0.495 e. The number of benzene rings is 1. The van der Waals surface area contributed by atoms with Gasteiger partial charge in [-0.3, -0.25) is 9.78 Å². The molecule has 0 unspecified atom stereocenters. The first-order valence-electron chi connectivity index (χ1n) is 7.43. The number of aliphatic imine (C=N–C) groups is 1. The van der Waals surface area contributed by atoms with Gasteiger partial charge in [0.25, 0.3) is 5.91 Å². The van der Waals surface area contributed by atoms with Crippen LogP contribution in [0.3, 0.4) is 0 Å². The molecule has 0 bridgehead atoms. The van der Waals surface area contributed by atoms with E-state index in [1.165, 1.54) is 13.3 Å². The molecular weight excluding hydrogens is 318 g/mol. The predicted octanol–water partition coefficient (Wildman–Crippen LogP) is 1.79. The highest BCUT2D eigenvalue weighted by Crippen LogP contribution is 2.23. The van der Waals surface area contributed by atoms with Crippen LogP contribution in [0.4, 0.5) is 5.69 Å². The Morgan fingerprint density at radius 2 is 2.04 bits per heavy atom. The molecule has 1 aromatic heterocycles. The molecule has 2 aromatic rings. The number of carbonyl (C=O) groups excluding carboxylic acids is 1. The number of pyridine rings is 1. The van der Waals surface area contributed by atoms with E-state index in [1.807, 2.05) is 0 Å². The molecule has 128 valence electrons. The van der Waals surface area contributed by atoms with E-state index in [4.69, 9.17) is 16.2 Å². The van der Waals surface area contributed by atoms with E-state index in [0.717, 1.165) is 6.20 Å². The minimum absolute atomic E-state index is 0.0304. The lowest BCUT2D eigenvalue weighted by molar-refractivity contribution is -0.112. The Morgan fingerprint density at radius 3 is 2.68 bits per heavy atom. The molecule has 0 aliphatic rings. The molecule has 5 N–H and O–H groups in total. The summed E-state index contributed by atoms with van der Waals surface area (Å²) in [5.74, 6) is 0.0596. The van der Waals surface area contributed by atoms with Crippen LogP contribution in [0, 0.1) is 0 Å². The maximum atomic E-state index is 12.5. The fraction of sp³-hybridized carbons (Fsp3) is 0.0556. The molecule has 1 aromatic carbocycles. The average Bonchev–Trinajstić information content (AvgIpc) is 2.66. The molecule has 0 aliphatic carbocycles. The molecule has 0 saturated carbocycles. The van der Waals surface area contributed by atoms with E-state index >= 15 is 0 Å². The molecule has 0 radical (unpaired) electrons. The number of rotatable bonds is 6. The molecule has 1 heterocycles. The maximum absolute atomic E-state index is 12.5. The van der Waals surface area contributed by atoms with E-state index in [1.54, 1.807) is 54.9 Å². The van der Waals surface area contributed by atoms with Crippen LogP contribution in [-0.2, 0) is 4.79 Å². The van der Waals surface area contributed by atoms with Crippen molar-refractivity contribution in [3.63, 3.8) is 0 Å². The van der Waals surface area contributed by atoms with Crippen LogP contribution >= 0.6 is 0 Å². The zero-order valence-corrected chi connectivity index (χ0v) is 13.7. The molecular formula is C18H19N5O2. The lowest BCUT2D eigenvalue weighted by atomic mass is 10.1. The van der Waals surface area contributed by atoms with Crippen LogP contribution in [0.1, 0.15) is 5.56 Å². The molecule has 0 saturated heterocycles. The molecule has 0 atom stereocenters. The lowest BCUT2D eigenvalue weighted by Gasteiger charge is -2.10. The summed E-state index contributed by atoms with van der Waals surface area (Å²) in [4.78, 5) is 20.8. The van der Waals surface area contributed by atoms with Gasteiger partial charge in [0, 0.05) is 24.2 Å². The van der Waals surface area contributed by atoms with Gasteiger partial charge in [0.05, 0.1) is 18.5 Å². The first kappa shape index (κ1) is 17.7. The van der Waals surface area contributed by atoms with Gasteiger partial charge in [0.2, 0.25) is 0 Å². The quantitative estimate of drug-likeness (QED) is 0.549. The fourth-order valence-corrected chi connectivity index (χ4v) is 2.03. The number of hydrogen-bond donors (Lipinski definition) is 3. The SMILES string of the molecule is COc1ccccc1NC(=O)C(=C/N)/N=C(/C=C\N)c1cccnc1. The summed E-state index contributed by atoms with van der Waals surface area (Å²) in [6.07, 6.45) is 7.28. The summed E-state index contributed by atoms with van der Waals surface area (Å²) >= 11 is 0. The van der Waals surface area contributed by atoms with Gasteiger partial charge in [0.1, 0.15) is 11.4 Å². The van der Waals surface area contributed by atoms with E-state index in [9.17, 15) is 4.79 Å². The highest BCUT2D eigenvalue weighted by Gasteiger charge is 2.12. The van der Waals surface area contributed by atoms with Gasteiger partial charge in [0.15, 0.2) is 0 Å². The van der Waals surface area contributed by atoms with Crippen LogP contribution in [0.2, 0.25) is 0 Å². The minimum atomic E-state index is -0.473. The third kappa shape index (κ3) is 4.68. The highest BCUT2D eigenvalue weighted by molar-refractivity contribution is 6.12. The van der Waals surface area contributed by atoms with Gasteiger partial charge in [-0.1, -0.05) is 12.1 Å². The number of methoxy groups -OCH3 is 1. The second-order valence-corrected chi connectivity index (χ2v) is 4.80. The van der Waals surface area contributed by atoms with Gasteiger partial charge < -0.3 is 21.5 Å². The second-order valence-electron chi connectivity index (χ2n) is 4.80. The van der Waals surface area contributed by atoms with Gasteiger partial charge in [-0.05, 0) is 36.5 Å². The van der Waals surface area contributed by atoms with Gasteiger partial charge in [-0.25, -0.2) is 4.99 Å². The molecule has 2 rings (SSSR count). The van der Waals surface area contributed by atoms with E-state index in [2.05, 4.69) is 15.3 Å². The van der Waals surface area contributed by atoms with E-state index in [0.29, 0.717) is 22.7 Å². The summed E-state index contributed by atoms with van der Waals surface area (Å²) < 4.78 is 5.21. The Labute approximate surface area is 145 Å². The first-order valence-corrected chi connectivity index (χ1v) is 7.43. The fourth-order valence-electron chi connectivity index (χ4n) is 2.03. The Kier molecular flexibility index (Phi) is 6.30. The number of amides is 1. The number of ether oxygens (including phenoxy) is 1. The monoisotopic (exact) mass is 337 g/mol. The summed E-state index contributed by atoms with van der Waals surface area (Å²) in [6.45, 7) is 0. The van der Waals surface area contributed by atoms with Crippen molar-refractivity contribution in [2.45, 2.75) is 0 Å². The van der Waals surface area contributed by atoms with Crippen molar-refractivity contribution >= 4 is 17.3 Å². The topological polar surface area (TPSA) is 116 Å². The van der Waals surface area contributed by atoms with Crippen LogP contribution < -0.4 is 21.5 Å². The third-order valence-electron chi connectivity index (χ3n) is 3.20. The summed E-state index contributed by atoms with van der Waals surface area (Å²) in [5.41, 5.74) is 12.8. The standard InChI is InChI=1S/C18H19N5O2/c1-25-17-7-3-2-6-15(17)23-18(24)16(11-20)22-14(8-9-19)13-5-4-10-21-12-13/h2-12H,19-20H2,1H3,(H,23,24)/b9-8-,16-11-,22-14-. The summed E-state index contributed by atoms with van der Waals surface area (Å²) in [7, 11) is 1.52. The van der Waals surface area contributed by atoms with Crippen LogP contribution in [0.25, 0.3) is 0 Å². The molecule has 7 heteroatoms. The Morgan fingerprint density at radius 1 is 1.24 bits per heavy atom. The van der Waals surface area contributed by atoms with Crippen molar-refractivity contribution in [3.8, 4) is 5.75 Å². The maximum Gasteiger partial charge on any atom is 0.275 e. The number of nitrogens with two attached hydrogens (primary N) is 2. The van der Waals surface area contributed by atoms with Gasteiger partial charge in [-0.2, -0.15) is 0 Å². The van der Waals surface area contributed by atoms with E-state index in [-0.39, 0.29) is 5.70 Å². The Bertz CT molecular complexity index is 813. The smallest absolute Gasteiger partial charge is 0.275 e. The van der Waals surface area contributed by atoms with Crippen molar-refractivity contribution in [2.75, 3.05) is 12.4 Å². The number of para-hydroxylation sites is 2. The van der Waals surface area contributed by atoms with Crippen LogP contribution in [-0.4, -0.2) is 23.7 Å². The number of carbonyl (C=O) groups is 1. The van der Waals surface area contributed by atoms with Gasteiger partial charge >= 0.3 is 0 Å².